The van der Waals surface area contributed by atoms with E-state index in [1.54, 1.807) is 0 Å². The highest BCUT2D eigenvalue weighted by molar-refractivity contribution is 7.89. The number of sulfonamides is 1. The predicted octanol–water partition coefficient (Wildman–Crippen LogP) is 2.27. The molecule has 1 saturated heterocycles. The second kappa shape index (κ2) is 5.66. The minimum atomic E-state index is -3.83. The molecule has 0 spiro atoms. The van der Waals surface area contributed by atoms with Gasteiger partial charge in [-0.15, -0.1) is 0 Å². The Balaban J connectivity index is 2.00. The second-order valence-electron chi connectivity index (χ2n) is 5.94. The van der Waals surface area contributed by atoms with Gasteiger partial charge in [0.25, 0.3) is 0 Å². The zero-order valence-corrected chi connectivity index (χ0v) is 12.7. The van der Waals surface area contributed by atoms with Crippen molar-refractivity contribution in [1.29, 1.82) is 0 Å². The van der Waals surface area contributed by atoms with Crippen LogP contribution in [0.15, 0.2) is 23.1 Å². The van der Waals surface area contributed by atoms with E-state index in [0.717, 1.165) is 38.2 Å². The monoisotopic (exact) mass is 313 g/mol. The van der Waals surface area contributed by atoms with E-state index in [1.165, 1.54) is 16.4 Å². The molecule has 2 unspecified atom stereocenters. The fourth-order valence-electron chi connectivity index (χ4n) is 3.68. The van der Waals surface area contributed by atoms with Crippen LogP contribution in [0.3, 0.4) is 0 Å². The van der Waals surface area contributed by atoms with E-state index >= 15 is 0 Å². The minimum Gasteiger partial charge on any atom is -0.392 e. The van der Waals surface area contributed by atoms with E-state index in [2.05, 4.69) is 0 Å². The fraction of sp³-hybridized carbons (Fsp3) is 0.600. The lowest BCUT2D eigenvalue weighted by molar-refractivity contribution is 0.201. The Hall–Kier alpha value is -0.980. The molecule has 4 nitrogen and oxygen atoms in total. The van der Waals surface area contributed by atoms with Gasteiger partial charge in [0.2, 0.25) is 10.0 Å². The van der Waals surface area contributed by atoms with Gasteiger partial charge in [0.15, 0.2) is 0 Å². The van der Waals surface area contributed by atoms with E-state index in [-0.39, 0.29) is 17.5 Å². The molecule has 1 aliphatic carbocycles. The average molecular weight is 313 g/mol. The van der Waals surface area contributed by atoms with Gasteiger partial charge in [0, 0.05) is 12.6 Å². The normalized spacial score (nSPS) is 26.8. The summed E-state index contributed by atoms with van der Waals surface area (Å²) < 4.78 is 41.2. The molecule has 1 aliphatic heterocycles. The molecular formula is C15H20FNO3S. The van der Waals surface area contributed by atoms with Crippen LogP contribution in [-0.2, 0) is 16.6 Å². The van der Waals surface area contributed by atoms with Crippen LogP contribution in [0.4, 0.5) is 4.39 Å². The number of fused-ring (bicyclic) bond motifs is 1. The Morgan fingerprint density at radius 3 is 2.76 bits per heavy atom. The lowest BCUT2D eigenvalue weighted by Gasteiger charge is -2.36. The van der Waals surface area contributed by atoms with Crippen LogP contribution in [0.1, 0.15) is 37.7 Å². The van der Waals surface area contributed by atoms with Crippen molar-refractivity contribution < 1.29 is 17.9 Å². The maximum Gasteiger partial charge on any atom is 0.246 e. The Morgan fingerprint density at radius 1 is 1.24 bits per heavy atom. The molecule has 1 aromatic rings. The fourth-order valence-corrected chi connectivity index (χ4v) is 5.55. The summed E-state index contributed by atoms with van der Waals surface area (Å²) >= 11 is 0. The third-order valence-corrected chi connectivity index (χ3v) is 6.65. The number of halogens is 1. The molecule has 2 aliphatic rings. The van der Waals surface area contributed by atoms with Gasteiger partial charge in [0.05, 0.1) is 6.61 Å². The van der Waals surface area contributed by atoms with Gasteiger partial charge < -0.3 is 5.11 Å². The van der Waals surface area contributed by atoms with Crippen LogP contribution < -0.4 is 0 Å². The van der Waals surface area contributed by atoms with Crippen LogP contribution in [0.2, 0.25) is 0 Å². The quantitative estimate of drug-likeness (QED) is 0.931. The average Bonchev–Trinajstić information content (AvgIpc) is 2.95. The van der Waals surface area contributed by atoms with Crippen molar-refractivity contribution in [2.24, 2.45) is 5.92 Å². The molecule has 1 heterocycles. The van der Waals surface area contributed by atoms with Crippen molar-refractivity contribution in [1.82, 2.24) is 4.31 Å². The zero-order valence-electron chi connectivity index (χ0n) is 11.8. The van der Waals surface area contributed by atoms with Gasteiger partial charge in [-0.2, -0.15) is 4.31 Å². The Morgan fingerprint density at radius 2 is 2.00 bits per heavy atom. The van der Waals surface area contributed by atoms with Crippen molar-refractivity contribution >= 4 is 10.0 Å². The van der Waals surface area contributed by atoms with Gasteiger partial charge >= 0.3 is 0 Å². The largest absolute Gasteiger partial charge is 0.392 e. The van der Waals surface area contributed by atoms with E-state index in [4.69, 9.17) is 5.11 Å². The van der Waals surface area contributed by atoms with Gasteiger partial charge in [-0.1, -0.05) is 12.5 Å². The number of nitrogens with zero attached hydrogens (tertiary/aromatic N) is 1. The molecule has 1 aromatic carbocycles. The predicted molar refractivity (Wildman–Crippen MR) is 76.6 cm³/mol. The summed E-state index contributed by atoms with van der Waals surface area (Å²) in [6, 6.07) is 3.79. The molecular weight excluding hydrogens is 293 g/mol. The van der Waals surface area contributed by atoms with Crippen molar-refractivity contribution in [2.75, 3.05) is 6.54 Å². The van der Waals surface area contributed by atoms with Crippen molar-refractivity contribution in [3.05, 3.63) is 29.6 Å². The van der Waals surface area contributed by atoms with Crippen LogP contribution in [-0.4, -0.2) is 30.4 Å². The van der Waals surface area contributed by atoms with Gasteiger partial charge in [0.1, 0.15) is 10.7 Å². The smallest absolute Gasteiger partial charge is 0.246 e. The van der Waals surface area contributed by atoms with Crippen molar-refractivity contribution in [3.8, 4) is 0 Å². The summed E-state index contributed by atoms with van der Waals surface area (Å²) in [5.41, 5.74) is 0.412. The van der Waals surface area contributed by atoms with E-state index in [9.17, 15) is 12.8 Å². The maximum absolute atomic E-state index is 14.0. The maximum atomic E-state index is 14.0. The Labute approximate surface area is 124 Å². The first-order valence-corrected chi connectivity index (χ1v) is 8.89. The van der Waals surface area contributed by atoms with E-state index in [0.29, 0.717) is 18.0 Å². The number of aliphatic hydroxyl groups is 1. The number of piperidine rings is 1. The Bertz CT molecular complexity index is 632. The molecule has 6 heteroatoms. The minimum absolute atomic E-state index is 0.0148. The standard InChI is InChI=1S/C15H20FNO3S/c16-13-7-6-11(10-18)9-15(13)21(19,20)17-8-2-4-12-3-1-5-14(12)17/h6-7,9,12,14,18H,1-5,8,10H2. The zero-order chi connectivity index (χ0) is 15.0. The number of hydrogen-bond donors (Lipinski definition) is 1. The molecule has 1 saturated carbocycles. The molecule has 0 radical (unpaired) electrons. The van der Waals surface area contributed by atoms with Crippen LogP contribution in [0.25, 0.3) is 0 Å². The van der Waals surface area contributed by atoms with Crippen LogP contribution in [0.5, 0.6) is 0 Å². The third-order valence-electron chi connectivity index (χ3n) is 4.71. The second-order valence-corrected chi connectivity index (χ2v) is 7.80. The van der Waals surface area contributed by atoms with Gasteiger partial charge in [-0.05, 0) is 49.3 Å². The summed E-state index contributed by atoms with van der Waals surface area (Å²) in [4.78, 5) is -0.304. The first-order chi connectivity index (χ1) is 10.0. The molecule has 0 amide bonds. The molecule has 3 rings (SSSR count). The highest BCUT2D eigenvalue weighted by Gasteiger charge is 2.42. The molecule has 0 bridgehead atoms. The molecule has 2 fully saturated rings. The summed E-state index contributed by atoms with van der Waals surface area (Å²) in [5.74, 6) is -0.329. The number of benzene rings is 1. The summed E-state index contributed by atoms with van der Waals surface area (Å²) in [5, 5.41) is 9.15. The number of rotatable bonds is 3. The number of hydrogen-bond acceptors (Lipinski definition) is 3. The summed E-state index contributed by atoms with van der Waals surface area (Å²) in [6.07, 6.45) is 4.87. The highest BCUT2D eigenvalue weighted by atomic mass is 32.2. The number of aliphatic hydroxyl groups excluding tert-OH is 1. The van der Waals surface area contributed by atoms with Crippen LogP contribution in [0, 0.1) is 11.7 Å². The first kappa shape index (κ1) is 14.9. The lowest BCUT2D eigenvalue weighted by atomic mass is 9.94. The summed E-state index contributed by atoms with van der Waals surface area (Å²) in [6.45, 7) is 0.168. The topological polar surface area (TPSA) is 57.6 Å². The molecule has 116 valence electrons. The van der Waals surface area contributed by atoms with Crippen molar-refractivity contribution in [2.45, 2.75) is 49.6 Å². The summed E-state index contributed by atoms with van der Waals surface area (Å²) in [7, 11) is -3.83. The third kappa shape index (κ3) is 2.60. The molecule has 0 aromatic heterocycles. The Kier molecular flexibility index (Phi) is 4.03. The first-order valence-electron chi connectivity index (χ1n) is 7.45. The van der Waals surface area contributed by atoms with Gasteiger partial charge in [-0.25, -0.2) is 12.8 Å². The molecule has 21 heavy (non-hydrogen) atoms. The van der Waals surface area contributed by atoms with E-state index < -0.39 is 15.8 Å². The highest BCUT2D eigenvalue weighted by Crippen LogP contribution is 2.39. The molecule has 2 atom stereocenters. The van der Waals surface area contributed by atoms with Gasteiger partial charge in [-0.3, -0.25) is 0 Å². The molecule has 1 N–H and O–H groups in total. The van der Waals surface area contributed by atoms with E-state index in [1.807, 2.05) is 0 Å². The lowest BCUT2D eigenvalue weighted by Crippen LogP contribution is -2.46. The van der Waals surface area contributed by atoms with Crippen LogP contribution >= 0.6 is 0 Å². The SMILES string of the molecule is O=S(=O)(c1cc(CO)ccc1F)N1CCCC2CCCC21. The van der Waals surface area contributed by atoms with Crippen molar-refractivity contribution in [3.63, 3.8) is 0 Å².